The molecule has 1 heterocycles. The van der Waals surface area contributed by atoms with Crippen LogP contribution in [0.3, 0.4) is 0 Å². The van der Waals surface area contributed by atoms with Crippen LogP contribution in [0.4, 0.5) is 0 Å². The maximum Gasteiger partial charge on any atom is 0.168 e. The van der Waals surface area contributed by atoms with Crippen molar-refractivity contribution in [2.24, 2.45) is 0 Å². The van der Waals surface area contributed by atoms with Crippen molar-refractivity contribution in [2.45, 2.75) is 32.7 Å². The van der Waals surface area contributed by atoms with E-state index in [1.807, 2.05) is 13.0 Å². The van der Waals surface area contributed by atoms with Gasteiger partial charge in [-0.2, -0.15) is 5.10 Å². The zero-order valence-corrected chi connectivity index (χ0v) is 10.5. The highest BCUT2D eigenvalue weighted by atomic mass is 16.1. The normalized spacial score (nSPS) is 13.6. The first-order valence-electron chi connectivity index (χ1n) is 6.47. The number of aromatic nitrogens is 2. The van der Waals surface area contributed by atoms with E-state index in [1.54, 1.807) is 4.68 Å². The first-order chi connectivity index (χ1) is 8.81. The van der Waals surface area contributed by atoms with Crippen LogP contribution in [-0.4, -0.2) is 16.1 Å². The van der Waals surface area contributed by atoms with Crippen molar-refractivity contribution in [1.29, 1.82) is 0 Å². The average molecular weight is 240 g/mol. The quantitative estimate of drug-likeness (QED) is 0.773. The van der Waals surface area contributed by atoms with Crippen molar-refractivity contribution < 1.29 is 4.79 Å². The summed E-state index contributed by atoms with van der Waals surface area (Å²) in [4.78, 5) is 11.0. The maximum absolute atomic E-state index is 11.0. The van der Waals surface area contributed by atoms with Gasteiger partial charge in [-0.3, -0.25) is 9.48 Å². The fourth-order valence-electron chi connectivity index (χ4n) is 2.65. The van der Waals surface area contributed by atoms with Crippen molar-refractivity contribution in [3.05, 3.63) is 41.1 Å². The molecular weight excluding hydrogens is 224 g/mol. The van der Waals surface area contributed by atoms with E-state index in [-0.39, 0.29) is 0 Å². The fraction of sp³-hybridized carbons (Fsp3) is 0.333. The monoisotopic (exact) mass is 240 g/mol. The number of fused-ring (bicyclic) bond motifs is 1. The molecule has 1 aliphatic rings. The molecule has 2 aromatic rings. The Kier molecular flexibility index (Phi) is 2.74. The summed E-state index contributed by atoms with van der Waals surface area (Å²) in [6, 6.07) is 8.40. The van der Waals surface area contributed by atoms with E-state index in [0.717, 1.165) is 30.5 Å². The summed E-state index contributed by atoms with van der Waals surface area (Å²) >= 11 is 0. The van der Waals surface area contributed by atoms with Gasteiger partial charge in [-0.05, 0) is 49.4 Å². The molecule has 0 N–H and O–H groups in total. The smallest absolute Gasteiger partial charge is 0.168 e. The number of hydrogen-bond donors (Lipinski definition) is 0. The van der Waals surface area contributed by atoms with Crippen LogP contribution < -0.4 is 0 Å². The van der Waals surface area contributed by atoms with Gasteiger partial charge in [0.1, 0.15) is 5.69 Å². The highest BCUT2D eigenvalue weighted by Crippen LogP contribution is 2.27. The summed E-state index contributed by atoms with van der Waals surface area (Å²) in [5.41, 5.74) is 5.56. The summed E-state index contributed by atoms with van der Waals surface area (Å²) in [6.07, 6.45) is 4.48. The van der Waals surface area contributed by atoms with Crippen LogP contribution in [0.2, 0.25) is 0 Å². The molecule has 3 nitrogen and oxygen atoms in total. The Hall–Kier alpha value is -1.90. The number of carbonyl (C=O) groups is 1. The zero-order chi connectivity index (χ0) is 12.5. The number of aldehydes is 1. The Balaban J connectivity index is 2.04. The number of benzene rings is 1. The molecule has 0 saturated heterocycles. The number of nitrogens with zero attached hydrogens (tertiary/aromatic N) is 2. The Morgan fingerprint density at radius 2 is 2.11 bits per heavy atom. The number of aryl methyl sites for hydroxylation is 3. The second-order valence-electron chi connectivity index (χ2n) is 4.73. The Morgan fingerprint density at radius 1 is 1.28 bits per heavy atom. The first-order valence-corrected chi connectivity index (χ1v) is 6.47. The zero-order valence-electron chi connectivity index (χ0n) is 10.5. The molecule has 3 heteroatoms. The molecule has 0 spiro atoms. The lowest BCUT2D eigenvalue weighted by atomic mass is 10.0. The third kappa shape index (κ3) is 1.76. The van der Waals surface area contributed by atoms with Gasteiger partial charge in [-0.1, -0.05) is 12.1 Å². The Morgan fingerprint density at radius 3 is 2.83 bits per heavy atom. The van der Waals surface area contributed by atoms with E-state index in [0.29, 0.717) is 5.69 Å². The predicted molar refractivity (Wildman–Crippen MR) is 70.7 cm³/mol. The summed E-state index contributed by atoms with van der Waals surface area (Å²) in [7, 11) is 0. The van der Waals surface area contributed by atoms with Crippen LogP contribution in [0.1, 0.15) is 35.0 Å². The summed E-state index contributed by atoms with van der Waals surface area (Å²) in [6.45, 7) is 2.71. The number of rotatable bonds is 3. The van der Waals surface area contributed by atoms with E-state index in [4.69, 9.17) is 0 Å². The van der Waals surface area contributed by atoms with Crippen LogP contribution >= 0.6 is 0 Å². The van der Waals surface area contributed by atoms with Crippen molar-refractivity contribution in [1.82, 2.24) is 9.78 Å². The maximum atomic E-state index is 11.0. The molecule has 1 aliphatic carbocycles. The van der Waals surface area contributed by atoms with Gasteiger partial charge in [0.15, 0.2) is 6.29 Å². The third-order valence-corrected chi connectivity index (χ3v) is 3.63. The molecule has 0 fully saturated rings. The van der Waals surface area contributed by atoms with E-state index in [1.165, 1.54) is 24.0 Å². The number of hydrogen-bond acceptors (Lipinski definition) is 2. The van der Waals surface area contributed by atoms with Gasteiger partial charge in [0.05, 0.1) is 5.69 Å². The predicted octanol–water partition coefficient (Wildman–Crippen LogP) is 2.87. The molecule has 1 aromatic heterocycles. The van der Waals surface area contributed by atoms with E-state index in [2.05, 4.69) is 23.3 Å². The van der Waals surface area contributed by atoms with Crippen LogP contribution in [0, 0.1) is 0 Å². The molecule has 0 unspecified atom stereocenters. The largest absolute Gasteiger partial charge is 0.296 e. The fourth-order valence-corrected chi connectivity index (χ4v) is 2.65. The molecule has 0 radical (unpaired) electrons. The first kappa shape index (κ1) is 11.2. The molecule has 0 saturated carbocycles. The van der Waals surface area contributed by atoms with E-state index in [9.17, 15) is 4.79 Å². The minimum absolute atomic E-state index is 0.646. The Bertz CT molecular complexity index is 599. The van der Waals surface area contributed by atoms with Gasteiger partial charge < -0.3 is 0 Å². The van der Waals surface area contributed by atoms with Gasteiger partial charge >= 0.3 is 0 Å². The summed E-state index contributed by atoms with van der Waals surface area (Å²) < 4.78 is 1.75. The van der Waals surface area contributed by atoms with E-state index >= 15 is 0 Å². The van der Waals surface area contributed by atoms with Gasteiger partial charge in [0.25, 0.3) is 0 Å². The lowest BCUT2D eigenvalue weighted by molar-refractivity contribution is 0.111. The van der Waals surface area contributed by atoms with Crippen molar-refractivity contribution >= 4 is 6.29 Å². The third-order valence-electron chi connectivity index (χ3n) is 3.63. The van der Waals surface area contributed by atoms with Gasteiger partial charge in [-0.25, -0.2) is 0 Å². The van der Waals surface area contributed by atoms with Gasteiger partial charge in [0, 0.05) is 12.1 Å². The highest BCUT2D eigenvalue weighted by Gasteiger charge is 2.13. The minimum atomic E-state index is 0.646. The lowest BCUT2D eigenvalue weighted by Gasteiger charge is -2.02. The number of carbonyl (C=O) groups excluding carboxylic acids is 1. The van der Waals surface area contributed by atoms with Crippen LogP contribution in [0.15, 0.2) is 24.3 Å². The molecule has 0 amide bonds. The molecule has 3 rings (SSSR count). The second-order valence-corrected chi connectivity index (χ2v) is 4.73. The van der Waals surface area contributed by atoms with Crippen LogP contribution in [-0.2, 0) is 19.4 Å². The minimum Gasteiger partial charge on any atom is -0.296 e. The SMILES string of the molecule is CCn1nc(-c2ccc3c(c2)CCC3)cc1C=O. The van der Waals surface area contributed by atoms with Crippen molar-refractivity contribution in [3.8, 4) is 11.3 Å². The topological polar surface area (TPSA) is 34.9 Å². The van der Waals surface area contributed by atoms with Gasteiger partial charge in [-0.15, -0.1) is 0 Å². The summed E-state index contributed by atoms with van der Waals surface area (Å²) in [5, 5.41) is 4.48. The molecule has 18 heavy (non-hydrogen) atoms. The molecule has 0 bridgehead atoms. The van der Waals surface area contributed by atoms with Crippen molar-refractivity contribution in [2.75, 3.05) is 0 Å². The average Bonchev–Trinajstić information content (AvgIpc) is 3.03. The molecule has 0 aliphatic heterocycles. The molecule has 0 atom stereocenters. The lowest BCUT2D eigenvalue weighted by Crippen LogP contribution is -2.01. The van der Waals surface area contributed by atoms with Crippen LogP contribution in [0.25, 0.3) is 11.3 Å². The molecule has 92 valence electrons. The van der Waals surface area contributed by atoms with Gasteiger partial charge in [0.2, 0.25) is 0 Å². The standard InChI is InChI=1S/C15H16N2O/c1-2-17-14(10-18)9-15(16-17)13-7-6-11-4-3-5-12(11)8-13/h6-10H,2-5H2,1H3. The van der Waals surface area contributed by atoms with Crippen molar-refractivity contribution in [3.63, 3.8) is 0 Å². The Labute approximate surface area is 106 Å². The molecule has 1 aromatic carbocycles. The van der Waals surface area contributed by atoms with E-state index < -0.39 is 0 Å². The highest BCUT2D eigenvalue weighted by molar-refractivity contribution is 5.76. The molecular formula is C15H16N2O. The summed E-state index contributed by atoms with van der Waals surface area (Å²) in [5.74, 6) is 0. The van der Waals surface area contributed by atoms with Crippen LogP contribution in [0.5, 0.6) is 0 Å². The second kappa shape index (κ2) is 4.41.